The fourth-order valence-corrected chi connectivity index (χ4v) is 3.99. The number of ether oxygens (including phenoxy) is 2. The lowest BCUT2D eigenvalue weighted by Gasteiger charge is -2.46. The van der Waals surface area contributed by atoms with Crippen molar-refractivity contribution in [2.45, 2.75) is 32.5 Å². The molecule has 1 aromatic rings. The van der Waals surface area contributed by atoms with Crippen molar-refractivity contribution < 1.29 is 27.8 Å². The van der Waals surface area contributed by atoms with Crippen LogP contribution in [0.3, 0.4) is 0 Å². The molecule has 1 unspecified atom stereocenters. The van der Waals surface area contributed by atoms with Gasteiger partial charge in [0.2, 0.25) is 0 Å². The van der Waals surface area contributed by atoms with E-state index in [0.29, 0.717) is 6.42 Å². The third-order valence-corrected chi connectivity index (χ3v) is 5.16. The zero-order valence-corrected chi connectivity index (χ0v) is 16.3. The zero-order chi connectivity index (χ0) is 20.7. The minimum atomic E-state index is -3.09. The first kappa shape index (κ1) is 20.5. The van der Waals surface area contributed by atoms with Crippen LogP contribution in [0.4, 0.5) is 8.78 Å². The monoisotopic (exact) mass is 414 g/mol. The average molecular weight is 415 g/mol. The van der Waals surface area contributed by atoms with Crippen molar-refractivity contribution in [3.05, 3.63) is 40.6 Å². The summed E-state index contributed by atoms with van der Waals surface area (Å²) >= 11 is 5.85. The summed E-state index contributed by atoms with van der Waals surface area (Å²) in [5.74, 6) is -0.950. The molecule has 1 aromatic carbocycles. The van der Waals surface area contributed by atoms with E-state index in [2.05, 4.69) is 4.74 Å². The van der Waals surface area contributed by atoms with Gasteiger partial charge in [0.1, 0.15) is 11.4 Å². The molecule has 28 heavy (non-hydrogen) atoms. The Morgan fingerprint density at radius 1 is 1.39 bits per heavy atom. The molecule has 6 nitrogen and oxygen atoms in total. The number of carbonyl (C=O) groups is 2. The van der Waals surface area contributed by atoms with E-state index in [4.69, 9.17) is 22.1 Å². The summed E-state index contributed by atoms with van der Waals surface area (Å²) in [5, 5.41) is 0.175. The molecular formula is C19H21ClF2N2O4. The molecule has 1 amide bonds. The first-order valence-electron chi connectivity index (χ1n) is 8.74. The maximum absolute atomic E-state index is 13.0. The molecule has 1 atom stereocenters. The Hall–Kier alpha value is -2.19. The number of nitrogens with two attached hydrogens (primary N) is 1. The number of ketones is 1. The van der Waals surface area contributed by atoms with Crippen molar-refractivity contribution in [2.24, 2.45) is 11.1 Å². The SMILES string of the molecule is CC1(C)CC2(C=C(N)C1=O)CN(C(=O)c1ccc(Cl)cc1OC(F)F)CCO2. The number of amides is 1. The molecule has 0 saturated carbocycles. The van der Waals surface area contributed by atoms with Gasteiger partial charge in [0.15, 0.2) is 5.78 Å². The summed E-state index contributed by atoms with van der Waals surface area (Å²) in [5.41, 5.74) is 4.32. The number of morpholine rings is 1. The fourth-order valence-electron chi connectivity index (χ4n) is 3.83. The Bertz CT molecular complexity index is 843. The van der Waals surface area contributed by atoms with Crippen LogP contribution in [-0.2, 0) is 9.53 Å². The smallest absolute Gasteiger partial charge is 0.387 e. The highest BCUT2D eigenvalue weighted by Gasteiger charge is 2.48. The predicted molar refractivity (Wildman–Crippen MR) is 98.3 cm³/mol. The normalized spacial score (nSPS) is 24.4. The van der Waals surface area contributed by atoms with Crippen LogP contribution in [0.15, 0.2) is 30.0 Å². The molecule has 1 saturated heterocycles. The highest BCUT2D eigenvalue weighted by Crippen LogP contribution is 2.40. The highest BCUT2D eigenvalue weighted by molar-refractivity contribution is 6.30. The molecule has 2 N–H and O–H groups in total. The van der Waals surface area contributed by atoms with Gasteiger partial charge in [0.05, 0.1) is 24.4 Å². The van der Waals surface area contributed by atoms with E-state index in [1.54, 1.807) is 19.9 Å². The molecular weight excluding hydrogens is 394 g/mol. The van der Waals surface area contributed by atoms with Gasteiger partial charge in [-0.3, -0.25) is 9.59 Å². The fraction of sp³-hybridized carbons (Fsp3) is 0.474. The predicted octanol–water partition coefficient (Wildman–Crippen LogP) is 2.99. The number of rotatable bonds is 3. The summed E-state index contributed by atoms with van der Waals surface area (Å²) in [6.07, 6.45) is 1.91. The van der Waals surface area contributed by atoms with E-state index in [1.807, 2.05) is 0 Å². The van der Waals surface area contributed by atoms with E-state index < -0.39 is 23.5 Å². The molecule has 152 valence electrons. The van der Waals surface area contributed by atoms with Gasteiger partial charge in [-0.05, 0) is 30.7 Å². The lowest BCUT2D eigenvalue weighted by molar-refractivity contribution is -0.135. The first-order valence-corrected chi connectivity index (χ1v) is 9.12. The Morgan fingerprint density at radius 3 is 2.75 bits per heavy atom. The number of carbonyl (C=O) groups excluding carboxylic acids is 2. The van der Waals surface area contributed by atoms with Crippen molar-refractivity contribution in [3.8, 4) is 5.75 Å². The van der Waals surface area contributed by atoms with E-state index in [1.165, 1.54) is 23.1 Å². The van der Waals surface area contributed by atoms with E-state index >= 15 is 0 Å². The van der Waals surface area contributed by atoms with Gasteiger partial charge in [-0.25, -0.2) is 0 Å². The number of allylic oxidation sites excluding steroid dienone is 1. The van der Waals surface area contributed by atoms with Crippen LogP contribution in [0.2, 0.25) is 5.02 Å². The number of hydrogen-bond acceptors (Lipinski definition) is 5. The Balaban J connectivity index is 1.90. The van der Waals surface area contributed by atoms with Crippen LogP contribution in [0.5, 0.6) is 5.75 Å². The number of benzene rings is 1. The minimum absolute atomic E-state index is 0.0233. The topological polar surface area (TPSA) is 81.9 Å². The number of nitrogens with zero attached hydrogens (tertiary/aromatic N) is 1. The molecule has 9 heteroatoms. The van der Waals surface area contributed by atoms with Crippen LogP contribution >= 0.6 is 11.6 Å². The van der Waals surface area contributed by atoms with Crippen molar-refractivity contribution in [1.82, 2.24) is 4.90 Å². The van der Waals surface area contributed by atoms with E-state index in [9.17, 15) is 18.4 Å². The maximum Gasteiger partial charge on any atom is 0.387 e. The lowest BCUT2D eigenvalue weighted by atomic mass is 9.71. The van der Waals surface area contributed by atoms with Gasteiger partial charge in [0, 0.05) is 17.0 Å². The molecule has 0 radical (unpaired) electrons. The van der Waals surface area contributed by atoms with Crippen LogP contribution in [0.1, 0.15) is 30.6 Å². The first-order chi connectivity index (χ1) is 13.0. The number of halogens is 3. The second kappa shape index (κ2) is 7.33. The number of hydrogen-bond donors (Lipinski definition) is 1. The average Bonchev–Trinajstić information content (AvgIpc) is 2.58. The highest BCUT2D eigenvalue weighted by atomic mass is 35.5. The van der Waals surface area contributed by atoms with Gasteiger partial charge in [0.25, 0.3) is 5.91 Å². The van der Waals surface area contributed by atoms with E-state index in [-0.39, 0.29) is 47.5 Å². The second-order valence-electron chi connectivity index (χ2n) is 7.65. The molecule has 1 fully saturated rings. The molecule has 0 bridgehead atoms. The van der Waals surface area contributed by atoms with Gasteiger partial charge < -0.3 is 20.1 Å². The maximum atomic E-state index is 13.0. The van der Waals surface area contributed by atoms with E-state index in [0.717, 1.165) is 0 Å². The van der Waals surface area contributed by atoms with Gasteiger partial charge in [-0.1, -0.05) is 25.4 Å². The molecule has 0 aromatic heterocycles. The van der Waals surface area contributed by atoms with Crippen LogP contribution < -0.4 is 10.5 Å². The standard InChI is InChI=1S/C19H21ClF2N2O4/c1-18(2)9-19(8-13(23)15(18)25)10-24(5-6-27-19)16(26)12-4-3-11(20)7-14(12)28-17(21)22/h3-4,7-8,17H,5-6,9-10,23H2,1-2H3. The lowest BCUT2D eigenvalue weighted by Crippen LogP contribution is -2.57. The molecule has 1 aliphatic carbocycles. The van der Waals surface area contributed by atoms with Gasteiger partial charge in [-0.2, -0.15) is 8.78 Å². The molecule has 3 rings (SSSR count). The third-order valence-electron chi connectivity index (χ3n) is 4.92. The Kier molecular flexibility index (Phi) is 5.38. The molecule has 1 heterocycles. The minimum Gasteiger partial charge on any atom is -0.434 e. The summed E-state index contributed by atoms with van der Waals surface area (Å²) in [4.78, 5) is 26.8. The van der Waals surface area contributed by atoms with Crippen molar-refractivity contribution in [1.29, 1.82) is 0 Å². The quantitative estimate of drug-likeness (QED) is 0.822. The summed E-state index contributed by atoms with van der Waals surface area (Å²) < 4.78 is 35.8. The Morgan fingerprint density at radius 2 is 2.11 bits per heavy atom. The van der Waals surface area contributed by atoms with Crippen LogP contribution in [0.25, 0.3) is 0 Å². The summed E-state index contributed by atoms with van der Waals surface area (Å²) in [6.45, 7) is 1.08. The van der Waals surface area contributed by atoms with Crippen molar-refractivity contribution in [2.75, 3.05) is 19.7 Å². The van der Waals surface area contributed by atoms with Crippen molar-refractivity contribution in [3.63, 3.8) is 0 Å². The zero-order valence-electron chi connectivity index (χ0n) is 15.5. The second-order valence-corrected chi connectivity index (χ2v) is 8.08. The molecule has 1 spiro atoms. The number of alkyl halides is 2. The van der Waals surface area contributed by atoms with Crippen LogP contribution in [0, 0.1) is 5.41 Å². The number of Topliss-reactive ketones (excluding diaryl/α,β-unsaturated/α-hetero) is 1. The molecule has 2 aliphatic rings. The van der Waals surface area contributed by atoms with Crippen LogP contribution in [-0.4, -0.2) is 48.5 Å². The third kappa shape index (κ3) is 3.98. The molecule has 1 aliphatic heterocycles. The van der Waals surface area contributed by atoms with Gasteiger partial charge >= 0.3 is 6.61 Å². The summed E-state index contributed by atoms with van der Waals surface area (Å²) in [7, 11) is 0. The largest absolute Gasteiger partial charge is 0.434 e. The Labute approximate surface area is 166 Å². The summed E-state index contributed by atoms with van der Waals surface area (Å²) in [6, 6.07) is 3.96. The van der Waals surface area contributed by atoms with Gasteiger partial charge in [-0.15, -0.1) is 0 Å². The van der Waals surface area contributed by atoms with Crippen molar-refractivity contribution >= 4 is 23.3 Å².